The average molecular weight is 129 g/mol. The molecule has 2 heteroatoms. The minimum Gasteiger partial charge on any atom is -0.308 e. The molecule has 0 aromatic heterocycles. The Balaban J connectivity index is 3.16. The van der Waals surface area contributed by atoms with E-state index in [1.165, 1.54) is 0 Å². The van der Waals surface area contributed by atoms with Crippen LogP contribution in [0.1, 0.15) is 20.8 Å². The lowest BCUT2D eigenvalue weighted by Gasteiger charge is -2.08. The van der Waals surface area contributed by atoms with Crippen molar-refractivity contribution in [1.82, 2.24) is 5.32 Å². The molecule has 0 spiro atoms. The first kappa shape index (κ1) is 8.63. The molecule has 0 aliphatic rings. The van der Waals surface area contributed by atoms with Gasteiger partial charge >= 0.3 is 0 Å². The van der Waals surface area contributed by atoms with Crippen LogP contribution in [-0.2, 0) is 4.79 Å². The highest BCUT2D eigenvalue weighted by molar-refractivity contribution is 5.56. The van der Waals surface area contributed by atoms with Crippen LogP contribution < -0.4 is 5.32 Å². The van der Waals surface area contributed by atoms with E-state index in [1.807, 2.05) is 6.92 Å². The third-order valence-electron chi connectivity index (χ3n) is 1.05. The van der Waals surface area contributed by atoms with E-state index in [0.29, 0.717) is 5.92 Å². The van der Waals surface area contributed by atoms with Crippen molar-refractivity contribution in [3.8, 4) is 0 Å². The maximum atomic E-state index is 10.1. The summed E-state index contributed by atoms with van der Waals surface area (Å²) in [5, 5.41) is 3.06. The number of aldehydes is 1. The summed E-state index contributed by atoms with van der Waals surface area (Å²) in [6.45, 7) is 7.00. The summed E-state index contributed by atoms with van der Waals surface area (Å²) in [6.07, 6.45) is 0.919. The predicted octanol–water partition coefficient (Wildman–Crippen LogP) is 0.819. The van der Waals surface area contributed by atoms with Gasteiger partial charge in [-0.05, 0) is 19.4 Å². The van der Waals surface area contributed by atoms with Gasteiger partial charge in [0.2, 0.25) is 0 Å². The lowest BCUT2D eigenvalue weighted by atomic mass is 10.2. The summed E-state index contributed by atoms with van der Waals surface area (Å²) in [5.41, 5.74) is 0. The number of rotatable bonds is 4. The van der Waals surface area contributed by atoms with Crippen LogP contribution in [0.2, 0.25) is 0 Å². The van der Waals surface area contributed by atoms with Crippen molar-refractivity contribution in [2.75, 3.05) is 6.54 Å². The zero-order chi connectivity index (χ0) is 7.28. The molecule has 0 saturated heterocycles. The van der Waals surface area contributed by atoms with Crippen LogP contribution >= 0.6 is 0 Å². The van der Waals surface area contributed by atoms with E-state index in [1.54, 1.807) is 0 Å². The molecule has 0 saturated carbocycles. The van der Waals surface area contributed by atoms with Crippen molar-refractivity contribution in [3.63, 3.8) is 0 Å². The van der Waals surface area contributed by atoms with E-state index in [9.17, 15) is 4.79 Å². The third kappa shape index (κ3) is 5.50. The van der Waals surface area contributed by atoms with Gasteiger partial charge in [0.15, 0.2) is 0 Å². The molecular formula is C7H15NO. The maximum Gasteiger partial charge on any atom is 0.136 e. The second kappa shape index (κ2) is 4.50. The lowest BCUT2D eigenvalue weighted by molar-refractivity contribution is -0.109. The van der Waals surface area contributed by atoms with Crippen molar-refractivity contribution in [2.45, 2.75) is 26.8 Å². The van der Waals surface area contributed by atoms with Crippen molar-refractivity contribution >= 4 is 6.29 Å². The van der Waals surface area contributed by atoms with E-state index < -0.39 is 0 Å². The first-order valence-corrected chi connectivity index (χ1v) is 3.35. The molecule has 0 amide bonds. The number of hydrogen-bond acceptors (Lipinski definition) is 2. The first-order valence-electron chi connectivity index (χ1n) is 3.35. The quantitative estimate of drug-likeness (QED) is 0.569. The number of carbonyl (C=O) groups excluding carboxylic acids is 1. The highest BCUT2D eigenvalue weighted by Gasteiger charge is 1.97. The summed E-state index contributed by atoms with van der Waals surface area (Å²) in [6, 6.07) is 0.00685. The summed E-state index contributed by atoms with van der Waals surface area (Å²) in [4.78, 5) is 10.1. The van der Waals surface area contributed by atoms with Crippen molar-refractivity contribution in [2.24, 2.45) is 5.92 Å². The average Bonchev–Trinajstić information content (AvgIpc) is 1.83. The van der Waals surface area contributed by atoms with Gasteiger partial charge in [0.05, 0.1) is 6.04 Å². The maximum absolute atomic E-state index is 10.1. The van der Waals surface area contributed by atoms with E-state index in [-0.39, 0.29) is 6.04 Å². The summed E-state index contributed by atoms with van der Waals surface area (Å²) >= 11 is 0. The molecule has 0 bridgehead atoms. The van der Waals surface area contributed by atoms with Gasteiger partial charge in [-0.2, -0.15) is 0 Å². The van der Waals surface area contributed by atoms with Crippen LogP contribution in [0, 0.1) is 5.92 Å². The Kier molecular flexibility index (Phi) is 4.32. The van der Waals surface area contributed by atoms with Crippen LogP contribution in [0.5, 0.6) is 0 Å². The Morgan fingerprint density at radius 2 is 2.00 bits per heavy atom. The summed E-state index contributed by atoms with van der Waals surface area (Å²) < 4.78 is 0. The Morgan fingerprint density at radius 3 is 2.33 bits per heavy atom. The Bertz CT molecular complexity index is 81.0. The van der Waals surface area contributed by atoms with Gasteiger partial charge in [-0.1, -0.05) is 13.8 Å². The topological polar surface area (TPSA) is 29.1 Å². The summed E-state index contributed by atoms with van der Waals surface area (Å²) in [5.74, 6) is 0.618. The molecule has 0 heterocycles. The molecule has 54 valence electrons. The molecule has 9 heavy (non-hydrogen) atoms. The number of nitrogens with one attached hydrogen (secondary N) is 1. The smallest absolute Gasteiger partial charge is 0.136 e. The third-order valence-corrected chi connectivity index (χ3v) is 1.05. The van der Waals surface area contributed by atoms with Gasteiger partial charge in [0, 0.05) is 0 Å². The zero-order valence-corrected chi connectivity index (χ0v) is 6.35. The van der Waals surface area contributed by atoms with Gasteiger partial charge in [0.25, 0.3) is 0 Å². The fourth-order valence-corrected chi connectivity index (χ4v) is 0.470. The van der Waals surface area contributed by atoms with Crippen LogP contribution in [0.4, 0.5) is 0 Å². The molecule has 0 aliphatic carbocycles. The van der Waals surface area contributed by atoms with E-state index in [0.717, 1.165) is 12.8 Å². The van der Waals surface area contributed by atoms with Gasteiger partial charge < -0.3 is 10.1 Å². The van der Waals surface area contributed by atoms with Crippen molar-refractivity contribution < 1.29 is 4.79 Å². The lowest BCUT2D eigenvalue weighted by Crippen LogP contribution is -2.30. The molecule has 0 fully saturated rings. The minimum atomic E-state index is 0.00685. The van der Waals surface area contributed by atoms with E-state index in [4.69, 9.17) is 0 Å². The first-order chi connectivity index (χ1) is 4.16. The second-order valence-electron chi connectivity index (χ2n) is 2.73. The molecule has 0 rings (SSSR count). The Labute approximate surface area is 56.6 Å². The number of hydrogen-bond donors (Lipinski definition) is 1. The van der Waals surface area contributed by atoms with Gasteiger partial charge in [-0.25, -0.2) is 0 Å². The van der Waals surface area contributed by atoms with Crippen LogP contribution in [0.25, 0.3) is 0 Å². The fraction of sp³-hybridized carbons (Fsp3) is 0.857. The predicted molar refractivity (Wildman–Crippen MR) is 38.4 cm³/mol. The van der Waals surface area contributed by atoms with Crippen LogP contribution in [0.3, 0.4) is 0 Å². The highest BCUT2D eigenvalue weighted by Crippen LogP contribution is 1.87. The molecule has 0 radical (unpaired) electrons. The van der Waals surface area contributed by atoms with E-state index >= 15 is 0 Å². The molecular weight excluding hydrogens is 114 g/mol. The van der Waals surface area contributed by atoms with Crippen molar-refractivity contribution in [3.05, 3.63) is 0 Å². The molecule has 1 atom stereocenters. The molecule has 0 aliphatic heterocycles. The van der Waals surface area contributed by atoms with E-state index in [2.05, 4.69) is 19.2 Å². The SMILES string of the molecule is CC(C)CNC(C)C=O. The highest BCUT2D eigenvalue weighted by atomic mass is 16.1. The normalized spacial score (nSPS) is 13.8. The molecule has 0 aromatic rings. The minimum absolute atomic E-state index is 0.00685. The summed E-state index contributed by atoms with van der Waals surface area (Å²) in [7, 11) is 0. The molecule has 0 aromatic carbocycles. The van der Waals surface area contributed by atoms with Crippen molar-refractivity contribution in [1.29, 1.82) is 0 Å². The molecule has 2 nitrogen and oxygen atoms in total. The van der Waals surface area contributed by atoms with Gasteiger partial charge in [0.1, 0.15) is 6.29 Å². The largest absolute Gasteiger partial charge is 0.308 e. The zero-order valence-electron chi connectivity index (χ0n) is 6.35. The van der Waals surface area contributed by atoms with Gasteiger partial charge in [-0.15, -0.1) is 0 Å². The Morgan fingerprint density at radius 1 is 1.44 bits per heavy atom. The fourth-order valence-electron chi connectivity index (χ4n) is 0.470. The van der Waals surface area contributed by atoms with Crippen LogP contribution in [-0.4, -0.2) is 18.9 Å². The van der Waals surface area contributed by atoms with Crippen LogP contribution in [0.15, 0.2) is 0 Å². The second-order valence-corrected chi connectivity index (χ2v) is 2.73. The number of carbonyl (C=O) groups is 1. The van der Waals surface area contributed by atoms with Gasteiger partial charge in [-0.3, -0.25) is 0 Å². The Hall–Kier alpha value is -0.370. The standard InChI is InChI=1S/C7H15NO/c1-6(2)4-8-7(3)5-9/h5-8H,4H2,1-3H3. The molecule has 1 unspecified atom stereocenters. The molecule has 1 N–H and O–H groups in total. The monoisotopic (exact) mass is 129 g/mol.